The van der Waals surface area contributed by atoms with Crippen molar-refractivity contribution in [2.75, 3.05) is 11.9 Å². The van der Waals surface area contributed by atoms with Gasteiger partial charge in [-0.05, 0) is 92.5 Å². The second-order valence-corrected chi connectivity index (χ2v) is 10.6. The fourth-order valence-corrected chi connectivity index (χ4v) is 5.67. The van der Waals surface area contributed by atoms with Gasteiger partial charge in [0.2, 0.25) is 5.91 Å². The van der Waals surface area contributed by atoms with Gasteiger partial charge in [-0.3, -0.25) is 14.8 Å². The third-order valence-electron chi connectivity index (χ3n) is 7.44. The van der Waals surface area contributed by atoms with E-state index in [9.17, 15) is 4.79 Å². The van der Waals surface area contributed by atoms with E-state index in [0.717, 1.165) is 40.3 Å². The number of thiocarbonyl (C=S) groups is 1. The van der Waals surface area contributed by atoms with Gasteiger partial charge >= 0.3 is 0 Å². The number of anilines is 1. The van der Waals surface area contributed by atoms with Gasteiger partial charge in [0.15, 0.2) is 5.11 Å². The maximum Gasteiger partial charge on any atom is 0.226 e. The Bertz CT molecular complexity index is 1480. The Labute approximate surface area is 235 Å². The predicted octanol–water partition coefficient (Wildman–Crippen LogP) is 5.56. The minimum Gasteiger partial charge on any atom is -0.352 e. The van der Waals surface area contributed by atoms with Crippen molar-refractivity contribution in [3.63, 3.8) is 0 Å². The molecule has 4 aromatic rings. The van der Waals surface area contributed by atoms with E-state index in [4.69, 9.17) is 12.2 Å². The van der Waals surface area contributed by atoms with E-state index in [2.05, 4.69) is 56.0 Å². The van der Waals surface area contributed by atoms with Crippen LogP contribution in [0, 0.1) is 27.7 Å². The van der Waals surface area contributed by atoms with Crippen molar-refractivity contribution in [1.82, 2.24) is 24.8 Å². The molecule has 1 amide bonds. The van der Waals surface area contributed by atoms with E-state index in [1.54, 1.807) is 6.20 Å². The average molecular weight is 539 g/mol. The van der Waals surface area contributed by atoms with Crippen molar-refractivity contribution < 1.29 is 4.79 Å². The number of hydrogen-bond donors (Lipinski definition) is 2. The molecule has 1 aromatic carbocycles. The van der Waals surface area contributed by atoms with Gasteiger partial charge in [-0.15, -0.1) is 0 Å². The molecule has 2 N–H and O–H groups in total. The summed E-state index contributed by atoms with van der Waals surface area (Å²) in [5.74, 6) is -0.0337. The van der Waals surface area contributed by atoms with Crippen molar-refractivity contribution in [1.29, 1.82) is 0 Å². The zero-order valence-corrected chi connectivity index (χ0v) is 23.6. The van der Waals surface area contributed by atoms with Crippen molar-refractivity contribution in [2.45, 2.75) is 52.7 Å². The number of carbonyl (C=O) groups excluding carboxylic acids is 1. The number of aryl methyl sites for hydroxylation is 3. The van der Waals surface area contributed by atoms with Crippen molar-refractivity contribution in [3.05, 3.63) is 113 Å². The van der Waals surface area contributed by atoms with Gasteiger partial charge in [-0.2, -0.15) is 0 Å². The van der Waals surface area contributed by atoms with E-state index in [1.165, 1.54) is 11.3 Å². The van der Waals surface area contributed by atoms with Crippen LogP contribution in [0.3, 0.4) is 0 Å². The summed E-state index contributed by atoms with van der Waals surface area (Å²) in [6.07, 6.45) is 5.82. The van der Waals surface area contributed by atoms with Crippen LogP contribution in [0.2, 0.25) is 0 Å². The summed E-state index contributed by atoms with van der Waals surface area (Å²) >= 11 is 5.84. The number of aromatic nitrogens is 3. The SMILES string of the molecule is Cc1ccc(C)c(NC(=O)CCN2C(=S)N[C@@H](c3ccccn3)[C@H]2c2cc(C)n(Cc3cccnc3)c2C)c1. The first kappa shape index (κ1) is 26.6. The summed E-state index contributed by atoms with van der Waals surface area (Å²) in [4.78, 5) is 24.1. The molecule has 39 heavy (non-hydrogen) atoms. The molecule has 1 saturated heterocycles. The van der Waals surface area contributed by atoms with E-state index < -0.39 is 0 Å². The van der Waals surface area contributed by atoms with Crippen LogP contribution in [-0.2, 0) is 11.3 Å². The molecule has 0 spiro atoms. The maximum atomic E-state index is 13.0. The third-order valence-corrected chi connectivity index (χ3v) is 7.79. The Balaban J connectivity index is 1.43. The lowest BCUT2D eigenvalue weighted by molar-refractivity contribution is -0.116. The lowest BCUT2D eigenvalue weighted by Gasteiger charge is -2.28. The van der Waals surface area contributed by atoms with Crippen molar-refractivity contribution >= 4 is 28.9 Å². The lowest BCUT2D eigenvalue weighted by Crippen LogP contribution is -2.33. The number of benzene rings is 1. The summed E-state index contributed by atoms with van der Waals surface area (Å²) in [6.45, 7) is 9.54. The molecule has 0 unspecified atom stereocenters. The van der Waals surface area contributed by atoms with Crippen LogP contribution in [0.4, 0.5) is 5.69 Å². The van der Waals surface area contributed by atoms with Gasteiger partial charge in [0.05, 0.1) is 17.8 Å². The second kappa shape index (κ2) is 11.4. The molecule has 3 aromatic heterocycles. The molecular formula is C31H34N6OS. The van der Waals surface area contributed by atoms with Crippen LogP contribution in [0.15, 0.2) is 73.2 Å². The molecule has 1 fully saturated rings. The first-order chi connectivity index (χ1) is 18.8. The summed E-state index contributed by atoms with van der Waals surface area (Å²) in [6, 6.07) is 18.1. The third kappa shape index (κ3) is 5.71. The largest absolute Gasteiger partial charge is 0.352 e. The van der Waals surface area contributed by atoms with Gasteiger partial charge in [-0.25, -0.2) is 0 Å². The Hall–Kier alpha value is -4.04. The molecule has 200 valence electrons. The van der Waals surface area contributed by atoms with Crippen LogP contribution >= 0.6 is 12.2 Å². The topological polar surface area (TPSA) is 75.1 Å². The molecule has 0 radical (unpaired) electrons. The highest BCUT2D eigenvalue weighted by atomic mass is 32.1. The zero-order valence-electron chi connectivity index (χ0n) is 22.8. The summed E-state index contributed by atoms with van der Waals surface area (Å²) < 4.78 is 2.31. The van der Waals surface area contributed by atoms with Crippen LogP contribution in [0.5, 0.6) is 0 Å². The van der Waals surface area contributed by atoms with Gasteiger partial charge in [0.1, 0.15) is 0 Å². The van der Waals surface area contributed by atoms with Crippen LogP contribution in [0.1, 0.15) is 57.8 Å². The number of nitrogens with one attached hydrogen (secondary N) is 2. The molecule has 4 heterocycles. The number of carbonyl (C=O) groups is 1. The Morgan fingerprint density at radius 3 is 2.64 bits per heavy atom. The minimum absolute atomic E-state index is 0.0337. The lowest BCUT2D eigenvalue weighted by atomic mass is 9.96. The number of rotatable bonds is 8. The Morgan fingerprint density at radius 2 is 1.90 bits per heavy atom. The molecule has 8 heteroatoms. The fourth-order valence-electron chi connectivity index (χ4n) is 5.33. The molecule has 0 aliphatic carbocycles. The zero-order chi connectivity index (χ0) is 27.5. The highest BCUT2D eigenvalue weighted by Crippen LogP contribution is 2.41. The smallest absolute Gasteiger partial charge is 0.226 e. The molecule has 0 bridgehead atoms. The van der Waals surface area contributed by atoms with Crippen LogP contribution in [-0.4, -0.2) is 37.0 Å². The van der Waals surface area contributed by atoms with Gasteiger partial charge < -0.3 is 20.1 Å². The van der Waals surface area contributed by atoms with E-state index in [-0.39, 0.29) is 18.0 Å². The molecule has 1 aliphatic heterocycles. The summed E-state index contributed by atoms with van der Waals surface area (Å²) in [5, 5.41) is 7.23. The first-order valence-corrected chi connectivity index (χ1v) is 13.6. The molecule has 0 saturated carbocycles. The highest BCUT2D eigenvalue weighted by molar-refractivity contribution is 7.80. The minimum atomic E-state index is -0.131. The number of hydrogen-bond acceptors (Lipinski definition) is 4. The standard InChI is InChI=1S/C31H34N6OS/c1-20-10-11-21(2)27(16-20)34-28(38)12-15-36-30(29(35-31(36)39)26-9-5-6-14-33-26)25-17-22(3)37(23(25)4)19-24-8-7-13-32-18-24/h5-11,13-14,16-18,29-30H,12,15,19H2,1-4H3,(H,34,38)(H,35,39)/t29-,30+/m0/s1. The maximum absolute atomic E-state index is 13.0. The second-order valence-electron chi connectivity index (χ2n) is 10.2. The molecule has 1 aliphatic rings. The quantitative estimate of drug-likeness (QED) is 0.286. The normalized spacial score (nSPS) is 16.8. The molecule has 5 rings (SSSR count). The van der Waals surface area contributed by atoms with E-state index in [0.29, 0.717) is 18.1 Å². The highest BCUT2D eigenvalue weighted by Gasteiger charge is 2.41. The monoisotopic (exact) mass is 538 g/mol. The number of amides is 1. The van der Waals surface area contributed by atoms with Gasteiger partial charge in [-0.1, -0.05) is 24.3 Å². The van der Waals surface area contributed by atoms with Crippen LogP contribution in [0.25, 0.3) is 0 Å². The summed E-state index contributed by atoms with van der Waals surface area (Å²) in [7, 11) is 0. The van der Waals surface area contributed by atoms with Crippen LogP contribution < -0.4 is 10.6 Å². The van der Waals surface area contributed by atoms with Gasteiger partial charge in [0.25, 0.3) is 0 Å². The summed E-state index contributed by atoms with van der Waals surface area (Å²) in [5.41, 5.74) is 8.58. The van der Waals surface area contributed by atoms with Crippen molar-refractivity contribution in [3.8, 4) is 0 Å². The van der Waals surface area contributed by atoms with E-state index in [1.807, 2.05) is 68.7 Å². The van der Waals surface area contributed by atoms with Gasteiger partial charge in [0, 0.05) is 55.2 Å². The predicted molar refractivity (Wildman–Crippen MR) is 159 cm³/mol. The Kier molecular flexibility index (Phi) is 7.74. The van der Waals surface area contributed by atoms with E-state index >= 15 is 0 Å². The molecule has 7 nitrogen and oxygen atoms in total. The molecule has 2 atom stereocenters. The average Bonchev–Trinajstić information content (AvgIpc) is 3.41. The van der Waals surface area contributed by atoms with Crippen molar-refractivity contribution in [2.24, 2.45) is 0 Å². The fraction of sp³-hybridized carbons (Fsp3) is 0.290. The Morgan fingerprint density at radius 1 is 1.05 bits per heavy atom. The molecular weight excluding hydrogens is 504 g/mol. The number of pyridine rings is 2. The number of nitrogens with zero attached hydrogens (tertiary/aromatic N) is 4. The first-order valence-electron chi connectivity index (χ1n) is 13.2.